The summed E-state index contributed by atoms with van der Waals surface area (Å²) in [7, 11) is 0. The van der Waals surface area contributed by atoms with Crippen molar-refractivity contribution in [3.8, 4) is 0 Å². The highest BCUT2D eigenvalue weighted by molar-refractivity contribution is 7.13. The molecule has 1 saturated heterocycles. The number of nitrogens with zero attached hydrogens (tertiary/aromatic N) is 3. The quantitative estimate of drug-likeness (QED) is 0.643. The molecule has 1 aromatic carbocycles. The Bertz CT molecular complexity index is 923. The summed E-state index contributed by atoms with van der Waals surface area (Å²) in [6.45, 7) is 2.93. The zero-order valence-electron chi connectivity index (χ0n) is 18.2. The average Bonchev–Trinajstić information content (AvgIpc) is 3.25. The van der Waals surface area contributed by atoms with E-state index >= 15 is 0 Å². The Kier molecular flexibility index (Phi) is 7.86. The number of carbonyl (C=O) groups is 2. The van der Waals surface area contributed by atoms with E-state index in [4.69, 9.17) is 11.6 Å². The molecular weight excluding hydrogens is 446 g/mol. The summed E-state index contributed by atoms with van der Waals surface area (Å²) in [5.41, 5.74) is 1.86. The van der Waals surface area contributed by atoms with Gasteiger partial charge >= 0.3 is 6.03 Å². The molecule has 0 bridgehead atoms. The lowest BCUT2D eigenvalue weighted by atomic mass is 9.96. The molecule has 1 aromatic heterocycles. The van der Waals surface area contributed by atoms with Gasteiger partial charge in [0.1, 0.15) is 0 Å². The molecule has 0 unspecified atom stereocenters. The van der Waals surface area contributed by atoms with Crippen LogP contribution in [0, 0.1) is 0 Å². The molecule has 0 radical (unpaired) electrons. The number of aryl methyl sites for hydroxylation is 1. The van der Waals surface area contributed by atoms with Gasteiger partial charge in [-0.1, -0.05) is 43.0 Å². The van der Waals surface area contributed by atoms with Crippen molar-refractivity contribution in [2.24, 2.45) is 0 Å². The minimum Gasteiger partial charge on any atom is -0.367 e. The molecule has 172 valence electrons. The number of anilines is 2. The van der Waals surface area contributed by atoms with Crippen LogP contribution in [0.1, 0.15) is 44.2 Å². The Balaban J connectivity index is 1.19. The topological polar surface area (TPSA) is 77.6 Å². The fourth-order valence-corrected chi connectivity index (χ4v) is 5.34. The molecule has 2 N–H and O–H groups in total. The van der Waals surface area contributed by atoms with Crippen LogP contribution in [0.3, 0.4) is 0 Å². The first kappa shape index (κ1) is 22.9. The van der Waals surface area contributed by atoms with Gasteiger partial charge in [-0.2, -0.15) is 0 Å². The number of nitrogens with one attached hydrogen (secondary N) is 2. The number of benzene rings is 1. The van der Waals surface area contributed by atoms with E-state index in [0.29, 0.717) is 31.1 Å². The Morgan fingerprint density at radius 1 is 1.09 bits per heavy atom. The highest BCUT2D eigenvalue weighted by atomic mass is 35.5. The molecule has 2 fully saturated rings. The van der Waals surface area contributed by atoms with Crippen LogP contribution < -0.4 is 15.5 Å². The van der Waals surface area contributed by atoms with Crippen LogP contribution >= 0.6 is 22.9 Å². The van der Waals surface area contributed by atoms with Gasteiger partial charge in [-0.25, -0.2) is 9.78 Å². The number of piperazine rings is 1. The van der Waals surface area contributed by atoms with Gasteiger partial charge in [0.05, 0.1) is 16.4 Å². The third kappa shape index (κ3) is 6.13. The molecule has 3 amide bonds. The van der Waals surface area contributed by atoms with Gasteiger partial charge in [0, 0.05) is 44.0 Å². The molecule has 32 heavy (non-hydrogen) atoms. The SMILES string of the molecule is O=C(Nc1nc(CCC(=O)N2CCN(c3ccccc3Cl)CC2)cs1)NC1CCCCC1. The minimum atomic E-state index is -0.190. The zero-order chi connectivity index (χ0) is 22.3. The third-order valence-electron chi connectivity index (χ3n) is 6.13. The second kappa shape index (κ2) is 11.0. The Labute approximate surface area is 198 Å². The number of carbonyl (C=O) groups excluding carboxylic acids is 2. The fourth-order valence-electron chi connectivity index (χ4n) is 4.34. The largest absolute Gasteiger partial charge is 0.367 e. The van der Waals surface area contributed by atoms with Gasteiger partial charge in [-0.15, -0.1) is 11.3 Å². The highest BCUT2D eigenvalue weighted by Gasteiger charge is 2.22. The van der Waals surface area contributed by atoms with Crippen LogP contribution in [0.15, 0.2) is 29.6 Å². The summed E-state index contributed by atoms with van der Waals surface area (Å²) in [6.07, 6.45) is 6.70. The van der Waals surface area contributed by atoms with Crippen LogP contribution in [0.4, 0.5) is 15.6 Å². The number of hydrogen-bond donors (Lipinski definition) is 2. The lowest BCUT2D eigenvalue weighted by Gasteiger charge is -2.36. The summed E-state index contributed by atoms with van der Waals surface area (Å²) >= 11 is 7.70. The molecule has 2 heterocycles. The van der Waals surface area contributed by atoms with Crippen LogP contribution in [0.2, 0.25) is 5.02 Å². The summed E-state index contributed by atoms with van der Waals surface area (Å²) in [5.74, 6) is 0.140. The predicted octanol–water partition coefficient (Wildman–Crippen LogP) is 4.53. The van der Waals surface area contributed by atoms with Crippen molar-refractivity contribution in [1.82, 2.24) is 15.2 Å². The van der Waals surface area contributed by atoms with Crippen molar-refractivity contribution < 1.29 is 9.59 Å². The molecule has 4 rings (SSSR count). The molecule has 9 heteroatoms. The Hall–Kier alpha value is -2.32. The van der Waals surface area contributed by atoms with Crippen molar-refractivity contribution in [3.05, 3.63) is 40.4 Å². The van der Waals surface area contributed by atoms with Gasteiger partial charge in [0.15, 0.2) is 5.13 Å². The number of aromatic nitrogens is 1. The van der Waals surface area contributed by atoms with Crippen molar-refractivity contribution in [3.63, 3.8) is 0 Å². The van der Waals surface area contributed by atoms with Crippen LogP contribution in [-0.4, -0.2) is 54.0 Å². The first-order valence-corrected chi connectivity index (χ1v) is 12.6. The molecule has 0 spiro atoms. The fraction of sp³-hybridized carbons (Fsp3) is 0.522. The number of halogens is 1. The maximum atomic E-state index is 12.7. The molecular formula is C23H30ClN5O2S. The van der Waals surface area contributed by atoms with Gasteiger partial charge in [-0.3, -0.25) is 10.1 Å². The molecule has 0 atom stereocenters. The number of hydrogen-bond acceptors (Lipinski definition) is 5. The second-order valence-corrected chi connectivity index (χ2v) is 9.66. The molecule has 1 saturated carbocycles. The van der Waals surface area contributed by atoms with Crippen LogP contribution in [0.5, 0.6) is 0 Å². The van der Waals surface area contributed by atoms with Crippen LogP contribution in [-0.2, 0) is 11.2 Å². The van der Waals surface area contributed by atoms with E-state index in [-0.39, 0.29) is 18.0 Å². The van der Waals surface area contributed by atoms with E-state index in [9.17, 15) is 9.59 Å². The average molecular weight is 476 g/mol. The second-order valence-electron chi connectivity index (χ2n) is 8.40. The summed E-state index contributed by atoms with van der Waals surface area (Å²) in [6, 6.07) is 7.89. The van der Waals surface area contributed by atoms with Gasteiger partial charge < -0.3 is 15.1 Å². The number of rotatable bonds is 6. The normalized spacial score (nSPS) is 17.3. The highest BCUT2D eigenvalue weighted by Crippen LogP contribution is 2.26. The Morgan fingerprint density at radius 3 is 2.59 bits per heavy atom. The minimum absolute atomic E-state index is 0.140. The summed E-state index contributed by atoms with van der Waals surface area (Å²) in [5, 5.41) is 9.10. The zero-order valence-corrected chi connectivity index (χ0v) is 19.8. The van der Waals surface area contributed by atoms with Crippen molar-refractivity contribution in [2.45, 2.75) is 51.0 Å². The first-order valence-electron chi connectivity index (χ1n) is 11.4. The van der Waals surface area contributed by atoms with E-state index in [1.165, 1.54) is 30.6 Å². The van der Waals surface area contributed by atoms with E-state index in [2.05, 4.69) is 20.5 Å². The van der Waals surface area contributed by atoms with Gasteiger partial charge in [0.2, 0.25) is 5.91 Å². The number of para-hydroxylation sites is 1. The van der Waals surface area contributed by atoms with Crippen molar-refractivity contribution in [1.29, 1.82) is 0 Å². The standard InChI is InChI=1S/C23H30ClN5O2S/c24-19-8-4-5-9-20(19)28-12-14-29(15-13-28)21(30)11-10-18-16-32-23(26-18)27-22(31)25-17-6-2-1-3-7-17/h4-5,8-9,16-17H,1-3,6-7,10-15H2,(H2,25,26,27,31). The van der Waals surface area contributed by atoms with E-state index in [1.807, 2.05) is 34.5 Å². The number of amides is 3. The lowest BCUT2D eigenvalue weighted by Crippen LogP contribution is -2.48. The first-order chi connectivity index (χ1) is 15.6. The predicted molar refractivity (Wildman–Crippen MR) is 130 cm³/mol. The van der Waals surface area contributed by atoms with Crippen molar-refractivity contribution in [2.75, 3.05) is 36.4 Å². The summed E-state index contributed by atoms with van der Waals surface area (Å²) < 4.78 is 0. The van der Waals surface area contributed by atoms with Crippen LogP contribution in [0.25, 0.3) is 0 Å². The van der Waals surface area contributed by atoms with Gasteiger partial charge in [0.25, 0.3) is 0 Å². The number of urea groups is 1. The number of thiazole rings is 1. The van der Waals surface area contributed by atoms with Crippen molar-refractivity contribution >= 4 is 45.7 Å². The monoisotopic (exact) mass is 475 g/mol. The maximum Gasteiger partial charge on any atom is 0.321 e. The molecule has 1 aliphatic carbocycles. The molecule has 7 nitrogen and oxygen atoms in total. The van der Waals surface area contributed by atoms with E-state index in [1.54, 1.807) is 0 Å². The summed E-state index contributed by atoms with van der Waals surface area (Å²) in [4.78, 5) is 33.5. The molecule has 2 aliphatic rings. The lowest BCUT2D eigenvalue weighted by molar-refractivity contribution is -0.131. The van der Waals surface area contributed by atoms with E-state index in [0.717, 1.165) is 42.3 Å². The molecule has 1 aliphatic heterocycles. The van der Waals surface area contributed by atoms with E-state index < -0.39 is 0 Å². The smallest absolute Gasteiger partial charge is 0.321 e. The maximum absolute atomic E-state index is 12.7. The Morgan fingerprint density at radius 2 is 1.84 bits per heavy atom. The van der Waals surface area contributed by atoms with Gasteiger partial charge in [-0.05, 0) is 31.4 Å². The third-order valence-corrected chi connectivity index (χ3v) is 7.26. The molecule has 2 aromatic rings.